The average Bonchev–Trinajstić information content (AvgIpc) is 2.06. The largest absolute Gasteiger partial charge is 0.545 e. The Morgan fingerprint density at radius 1 is 1.44 bits per heavy atom. The highest BCUT2D eigenvalue weighted by Crippen LogP contribution is 2.22. The Balaban J connectivity index is 0.000000385. The molecule has 0 aliphatic carbocycles. The molecule has 1 unspecified atom stereocenters. The maximum Gasteiger partial charge on any atom is 0.0715 e. The summed E-state index contributed by atoms with van der Waals surface area (Å²) < 4.78 is 0.556. The number of carbonyl (C=O) groups is 1. The van der Waals surface area contributed by atoms with Gasteiger partial charge in [-0.15, -0.1) is 0 Å². The second-order valence-electron chi connectivity index (χ2n) is 4.48. The van der Waals surface area contributed by atoms with E-state index in [0.29, 0.717) is 14.7 Å². The van der Waals surface area contributed by atoms with Crippen LogP contribution in [0, 0.1) is 0 Å². The molecule has 1 atom stereocenters. The highest BCUT2D eigenvalue weighted by Gasteiger charge is 2.02. The van der Waals surface area contributed by atoms with Gasteiger partial charge in [-0.2, -0.15) is 0 Å². The summed E-state index contributed by atoms with van der Waals surface area (Å²) >= 11 is 8.72. The van der Waals surface area contributed by atoms with E-state index in [2.05, 4.69) is 36.7 Å². The molecular weight excluding hydrogens is 310 g/mol. The lowest BCUT2D eigenvalue weighted by molar-refractivity contribution is -0.255. The molecule has 0 radical (unpaired) electrons. The van der Waals surface area contributed by atoms with Crippen molar-refractivity contribution in [3.63, 3.8) is 0 Å². The molecule has 0 amide bonds. The van der Waals surface area contributed by atoms with Gasteiger partial charge in [-0.25, -0.2) is 0 Å². The molecule has 0 heterocycles. The van der Waals surface area contributed by atoms with Crippen LogP contribution < -0.4 is 5.11 Å². The van der Waals surface area contributed by atoms with Crippen molar-refractivity contribution in [2.24, 2.45) is 0 Å². The van der Waals surface area contributed by atoms with Gasteiger partial charge in [0.15, 0.2) is 0 Å². The predicted octanol–water partition coefficient (Wildman–Crippen LogP) is 2.86. The zero-order valence-corrected chi connectivity index (χ0v) is 13.3. The van der Waals surface area contributed by atoms with Crippen LogP contribution in [-0.4, -0.2) is 11.1 Å². The summed E-state index contributed by atoms with van der Waals surface area (Å²) in [5, 5.41) is 11.3. The lowest BCUT2D eigenvalue weighted by Crippen LogP contribution is -2.21. The Kier molecular flexibility index (Phi) is 6.54. The van der Waals surface area contributed by atoms with Crippen LogP contribution in [-0.2, 0) is 0 Å². The molecule has 0 saturated heterocycles. The smallest absolute Gasteiger partial charge is 0.0715 e. The standard InChI is InChI=1S/C7H4BrClO2.C4H11P/c8-5-3-4(7(10)11)1-2-6(5)9;1-4(2,3)5/h1-3H,(H,10,11);5H2,1-3H3. The Bertz CT molecular complexity index is 369. The first-order valence-corrected chi connectivity index (χ1v) is 6.51. The summed E-state index contributed by atoms with van der Waals surface area (Å²) in [6.07, 6.45) is 0. The molecule has 0 aromatic heterocycles. The summed E-state index contributed by atoms with van der Waals surface area (Å²) in [5.41, 5.74) is 0.112. The third-order valence-electron chi connectivity index (χ3n) is 1.16. The molecule has 5 heteroatoms. The second kappa shape index (κ2) is 6.58. The maximum absolute atomic E-state index is 10.3. The van der Waals surface area contributed by atoms with Gasteiger partial charge in [0.05, 0.1) is 16.1 Å². The number of benzene rings is 1. The van der Waals surface area contributed by atoms with Crippen LogP contribution in [0.5, 0.6) is 0 Å². The first-order chi connectivity index (χ1) is 7.11. The van der Waals surface area contributed by atoms with E-state index < -0.39 is 5.97 Å². The van der Waals surface area contributed by atoms with Gasteiger partial charge >= 0.3 is 0 Å². The lowest BCUT2D eigenvalue weighted by atomic mass is 10.2. The van der Waals surface area contributed by atoms with Crippen LogP contribution in [0.15, 0.2) is 22.7 Å². The third-order valence-corrected chi connectivity index (χ3v) is 2.37. The van der Waals surface area contributed by atoms with Gasteiger partial charge in [0.2, 0.25) is 0 Å². The highest BCUT2D eigenvalue weighted by molar-refractivity contribution is 9.10. The number of carboxylic acids is 1. The number of aromatic carboxylic acids is 1. The zero-order valence-electron chi connectivity index (χ0n) is 9.51. The zero-order chi connectivity index (χ0) is 12.9. The van der Waals surface area contributed by atoms with Gasteiger partial charge in [0.1, 0.15) is 0 Å². The lowest BCUT2D eigenvalue weighted by Gasteiger charge is -2.02. The van der Waals surface area contributed by atoms with E-state index in [1.165, 1.54) is 18.2 Å². The van der Waals surface area contributed by atoms with E-state index in [0.717, 1.165) is 0 Å². The van der Waals surface area contributed by atoms with E-state index >= 15 is 0 Å². The Morgan fingerprint density at radius 2 is 1.88 bits per heavy atom. The molecule has 1 aromatic carbocycles. The minimum absolute atomic E-state index is 0.112. The van der Waals surface area contributed by atoms with Gasteiger partial charge in [0, 0.05) is 4.47 Å². The quantitative estimate of drug-likeness (QED) is 0.745. The Labute approximate surface area is 112 Å². The molecule has 16 heavy (non-hydrogen) atoms. The van der Waals surface area contributed by atoms with Gasteiger partial charge < -0.3 is 9.90 Å². The summed E-state index contributed by atoms with van der Waals surface area (Å²) in [6, 6.07) is 4.29. The molecule has 2 nitrogen and oxygen atoms in total. The molecule has 0 N–H and O–H groups in total. The summed E-state index contributed by atoms with van der Waals surface area (Å²) in [4.78, 5) is 10.3. The average molecular weight is 326 g/mol. The van der Waals surface area contributed by atoms with Gasteiger partial charge in [-0.05, 0) is 63.6 Å². The van der Waals surface area contributed by atoms with Crippen molar-refractivity contribution in [2.45, 2.75) is 25.9 Å². The van der Waals surface area contributed by atoms with Gasteiger partial charge in [0.25, 0.3) is 0 Å². The van der Waals surface area contributed by atoms with E-state index in [4.69, 9.17) is 11.6 Å². The van der Waals surface area contributed by atoms with Crippen LogP contribution in [0.25, 0.3) is 0 Å². The summed E-state index contributed by atoms with van der Waals surface area (Å²) in [7, 11) is 2.01. The number of rotatable bonds is 1. The fourth-order valence-electron chi connectivity index (χ4n) is 0.623. The normalized spacial score (nSPS) is 10.6. The summed E-state index contributed by atoms with van der Waals surface area (Å²) in [6.45, 7) is 6.60. The van der Waals surface area contributed by atoms with Gasteiger partial charge in [-0.1, -0.05) is 17.7 Å². The fourth-order valence-corrected chi connectivity index (χ4v) is 1.12. The Morgan fingerprint density at radius 3 is 2.19 bits per heavy atom. The number of hydrogen-bond acceptors (Lipinski definition) is 2. The minimum atomic E-state index is -1.21. The molecule has 0 aliphatic heterocycles. The van der Waals surface area contributed by atoms with Crippen LogP contribution in [0.3, 0.4) is 0 Å². The highest BCUT2D eigenvalue weighted by atomic mass is 79.9. The molecule has 0 spiro atoms. The molecule has 0 aliphatic rings. The van der Waals surface area contributed by atoms with E-state index in [1.54, 1.807) is 0 Å². The van der Waals surface area contributed by atoms with Crippen molar-refractivity contribution in [1.29, 1.82) is 0 Å². The van der Waals surface area contributed by atoms with E-state index in [1.807, 2.05) is 9.24 Å². The number of halogens is 2. The van der Waals surface area contributed by atoms with Crippen molar-refractivity contribution in [3.05, 3.63) is 33.3 Å². The van der Waals surface area contributed by atoms with E-state index in [-0.39, 0.29) is 5.56 Å². The molecule has 90 valence electrons. The van der Waals surface area contributed by atoms with Gasteiger partial charge in [-0.3, -0.25) is 0 Å². The fraction of sp³-hybridized carbons (Fsp3) is 0.364. The molecule has 0 fully saturated rings. The summed E-state index contributed by atoms with van der Waals surface area (Å²) in [5.74, 6) is -1.21. The topological polar surface area (TPSA) is 40.1 Å². The van der Waals surface area contributed by atoms with Crippen molar-refractivity contribution < 1.29 is 9.90 Å². The molecule has 1 aromatic rings. The first-order valence-electron chi connectivity index (χ1n) is 4.63. The number of carboxylic acid groups (broad SMARTS) is 1. The van der Waals surface area contributed by atoms with Crippen molar-refractivity contribution >= 4 is 42.7 Å². The third kappa shape index (κ3) is 8.09. The molecule has 0 saturated carbocycles. The monoisotopic (exact) mass is 324 g/mol. The molecule has 1 rings (SSSR count). The Hall–Kier alpha value is -0.110. The first kappa shape index (κ1) is 15.9. The minimum Gasteiger partial charge on any atom is -0.545 e. The van der Waals surface area contributed by atoms with Crippen LogP contribution in [0.4, 0.5) is 0 Å². The van der Waals surface area contributed by atoms with Crippen molar-refractivity contribution in [3.8, 4) is 0 Å². The van der Waals surface area contributed by atoms with Crippen LogP contribution in [0.2, 0.25) is 5.02 Å². The number of carbonyl (C=O) groups excluding carboxylic acids is 1. The van der Waals surface area contributed by atoms with Crippen molar-refractivity contribution in [2.75, 3.05) is 0 Å². The molecule has 0 bridgehead atoms. The SMILES string of the molecule is CC(C)(C)[PH3+].O=C([O-])c1ccc(Cl)c(Br)c1. The number of hydrogen-bond donors (Lipinski definition) is 0. The van der Waals surface area contributed by atoms with Crippen LogP contribution >= 0.6 is 36.8 Å². The van der Waals surface area contributed by atoms with E-state index in [9.17, 15) is 9.90 Å². The van der Waals surface area contributed by atoms with Crippen LogP contribution in [0.1, 0.15) is 31.1 Å². The second-order valence-corrected chi connectivity index (χ2v) is 7.86. The maximum atomic E-state index is 10.3. The molecular formula is C11H15BrClO2P. The van der Waals surface area contributed by atoms with Crippen molar-refractivity contribution in [1.82, 2.24) is 0 Å². The predicted molar refractivity (Wildman–Crippen MR) is 74.3 cm³/mol.